The Morgan fingerprint density at radius 1 is 0.943 bits per heavy atom. The van der Waals surface area contributed by atoms with Gasteiger partial charge in [-0.25, -0.2) is 0 Å². The van der Waals surface area contributed by atoms with Crippen molar-refractivity contribution >= 4 is 23.0 Å². The molecule has 1 aliphatic rings. The van der Waals surface area contributed by atoms with Gasteiger partial charge in [-0.05, 0) is 105 Å². The van der Waals surface area contributed by atoms with Crippen LogP contribution in [0.4, 0.5) is 5.69 Å². The zero-order valence-corrected chi connectivity index (χ0v) is 21.9. The predicted molar refractivity (Wildman–Crippen MR) is 148 cm³/mol. The van der Waals surface area contributed by atoms with E-state index in [1.807, 2.05) is 18.3 Å². The lowest BCUT2D eigenvalue weighted by atomic mass is 9.96. The standard InChI is InChI=1S/C30H32N4S/c1-6-23-13-15-24(16-14-23)34-29(28(32-30(34)35)26-11-7-8-17-31-26)25-18-20(3)33(22(25)5)27-12-9-10-19(2)21(27)4/h7-18,28-29H,6H2,1-5H3,(H,32,35). The third-order valence-electron chi connectivity index (χ3n) is 7.33. The van der Waals surface area contributed by atoms with E-state index in [4.69, 9.17) is 17.2 Å². The molecule has 2 aromatic carbocycles. The summed E-state index contributed by atoms with van der Waals surface area (Å²) in [6, 6.07) is 23.6. The minimum absolute atomic E-state index is 0.0186. The minimum atomic E-state index is -0.0536. The number of pyridine rings is 1. The zero-order chi connectivity index (χ0) is 24.7. The van der Waals surface area contributed by atoms with Crippen LogP contribution in [0.2, 0.25) is 0 Å². The molecule has 0 radical (unpaired) electrons. The van der Waals surface area contributed by atoms with Crippen molar-refractivity contribution in [1.82, 2.24) is 14.9 Å². The lowest BCUT2D eigenvalue weighted by Gasteiger charge is -2.28. The molecule has 1 N–H and O–H groups in total. The summed E-state index contributed by atoms with van der Waals surface area (Å²) >= 11 is 5.93. The third kappa shape index (κ3) is 4.04. The maximum atomic E-state index is 5.93. The fourth-order valence-corrected chi connectivity index (χ4v) is 5.62. The highest BCUT2D eigenvalue weighted by atomic mass is 32.1. The fraction of sp³-hybridized carbons (Fsp3) is 0.267. The molecular formula is C30H32N4S. The van der Waals surface area contributed by atoms with E-state index in [-0.39, 0.29) is 12.1 Å². The molecule has 2 aromatic heterocycles. The SMILES string of the molecule is CCc1ccc(N2C(=S)NC(c3ccccn3)C2c2cc(C)n(-c3cccc(C)c3C)c2C)cc1. The van der Waals surface area contributed by atoms with Crippen LogP contribution < -0.4 is 10.2 Å². The van der Waals surface area contributed by atoms with Crippen LogP contribution in [0, 0.1) is 27.7 Å². The molecule has 0 spiro atoms. The maximum Gasteiger partial charge on any atom is 0.174 e. The van der Waals surface area contributed by atoms with Crippen molar-refractivity contribution in [3.8, 4) is 5.69 Å². The van der Waals surface area contributed by atoms with Crippen LogP contribution in [-0.4, -0.2) is 14.7 Å². The number of hydrogen-bond acceptors (Lipinski definition) is 2. The predicted octanol–water partition coefficient (Wildman–Crippen LogP) is 6.85. The molecule has 3 heterocycles. The molecule has 0 amide bonds. The summed E-state index contributed by atoms with van der Waals surface area (Å²) in [7, 11) is 0. The first-order valence-electron chi connectivity index (χ1n) is 12.3. The Labute approximate surface area is 213 Å². The molecular weight excluding hydrogens is 448 g/mol. The third-order valence-corrected chi connectivity index (χ3v) is 7.64. The van der Waals surface area contributed by atoms with Gasteiger partial charge in [0.1, 0.15) is 0 Å². The molecule has 35 heavy (non-hydrogen) atoms. The number of benzene rings is 2. The van der Waals surface area contributed by atoms with Gasteiger partial charge >= 0.3 is 0 Å². The van der Waals surface area contributed by atoms with Crippen LogP contribution in [0.1, 0.15) is 58.3 Å². The minimum Gasteiger partial charge on any atom is -0.351 e. The quantitative estimate of drug-likeness (QED) is 0.317. The van der Waals surface area contributed by atoms with Crippen LogP contribution in [-0.2, 0) is 6.42 Å². The van der Waals surface area contributed by atoms with E-state index in [1.165, 1.54) is 39.3 Å². The monoisotopic (exact) mass is 480 g/mol. The molecule has 2 unspecified atom stereocenters. The summed E-state index contributed by atoms with van der Waals surface area (Å²) in [6.45, 7) is 11.0. The van der Waals surface area contributed by atoms with Crippen LogP contribution in [0.15, 0.2) is 72.9 Å². The van der Waals surface area contributed by atoms with Gasteiger partial charge in [0, 0.05) is 29.0 Å². The summed E-state index contributed by atoms with van der Waals surface area (Å²) < 4.78 is 2.38. The molecule has 178 valence electrons. The molecule has 1 saturated heterocycles. The molecule has 0 bridgehead atoms. The highest BCUT2D eigenvalue weighted by molar-refractivity contribution is 7.80. The van der Waals surface area contributed by atoms with E-state index in [0.29, 0.717) is 0 Å². The molecule has 0 aliphatic carbocycles. The number of anilines is 1. The Morgan fingerprint density at radius 3 is 2.40 bits per heavy atom. The number of aryl methyl sites for hydroxylation is 3. The van der Waals surface area contributed by atoms with Crippen LogP contribution in [0.25, 0.3) is 5.69 Å². The Morgan fingerprint density at radius 2 is 1.71 bits per heavy atom. The highest BCUT2D eigenvalue weighted by Crippen LogP contribution is 2.44. The Kier molecular flexibility index (Phi) is 6.20. The molecule has 4 nitrogen and oxygen atoms in total. The van der Waals surface area contributed by atoms with E-state index in [2.05, 4.69) is 104 Å². The summed E-state index contributed by atoms with van der Waals surface area (Å²) in [6.07, 6.45) is 2.87. The molecule has 1 fully saturated rings. The largest absolute Gasteiger partial charge is 0.351 e. The zero-order valence-electron chi connectivity index (χ0n) is 21.0. The van der Waals surface area contributed by atoms with Crippen molar-refractivity contribution in [3.63, 3.8) is 0 Å². The number of hydrogen-bond donors (Lipinski definition) is 1. The molecule has 2 atom stereocenters. The summed E-state index contributed by atoms with van der Waals surface area (Å²) in [5, 5.41) is 4.33. The normalized spacial score (nSPS) is 17.6. The Bertz CT molecular complexity index is 1370. The number of rotatable bonds is 5. The van der Waals surface area contributed by atoms with Gasteiger partial charge in [-0.2, -0.15) is 0 Å². The molecule has 0 saturated carbocycles. The highest BCUT2D eigenvalue weighted by Gasteiger charge is 2.42. The first-order chi connectivity index (χ1) is 16.9. The maximum absolute atomic E-state index is 5.93. The summed E-state index contributed by atoms with van der Waals surface area (Å²) in [5.41, 5.74) is 10.9. The summed E-state index contributed by atoms with van der Waals surface area (Å²) in [5.74, 6) is 0. The van der Waals surface area contributed by atoms with Crippen LogP contribution in [0.3, 0.4) is 0 Å². The van der Waals surface area contributed by atoms with E-state index >= 15 is 0 Å². The number of nitrogens with one attached hydrogen (secondary N) is 1. The van der Waals surface area contributed by atoms with Crippen molar-refractivity contribution in [2.45, 2.75) is 53.1 Å². The topological polar surface area (TPSA) is 33.1 Å². The smallest absolute Gasteiger partial charge is 0.174 e. The average Bonchev–Trinajstić information content (AvgIpc) is 3.36. The van der Waals surface area contributed by atoms with E-state index in [0.717, 1.165) is 22.9 Å². The lowest BCUT2D eigenvalue weighted by molar-refractivity contribution is 0.565. The average molecular weight is 481 g/mol. The van der Waals surface area contributed by atoms with E-state index in [9.17, 15) is 0 Å². The van der Waals surface area contributed by atoms with Gasteiger partial charge in [0.05, 0.1) is 17.8 Å². The van der Waals surface area contributed by atoms with Crippen molar-refractivity contribution in [3.05, 3.63) is 112 Å². The molecule has 1 aliphatic heterocycles. The van der Waals surface area contributed by atoms with Gasteiger partial charge in [-0.15, -0.1) is 0 Å². The first-order valence-corrected chi connectivity index (χ1v) is 12.7. The van der Waals surface area contributed by atoms with Crippen molar-refractivity contribution in [2.75, 3.05) is 4.90 Å². The van der Waals surface area contributed by atoms with Crippen molar-refractivity contribution in [1.29, 1.82) is 0 Å². The second-order valence-corrected chi connectivity index (χ2v) is 9.78. The van der Waals surface area contributed by atoms with Crippen molar-refractivity contribution < 1.29 is 0 Å². The second-order valence-electron chi connectivity index (χ2n) is 9.40. The van der Waals surface area contributed by atoms with E-state index in [1.54, 1.807) is 0 Å². The van der Waals surface area contributed by atoms with Gasteiger partial charge in [0.25, 0.3) is 0 Å². The summed E-state index contributed by atoms with van der Waals surface area (Å²) in [4.78, 5) is 6.98. The van der Waals surface area contributed by atoms with Gasteiger partial charge in [-0.1, -0.05) is 37.3 Å². The molecule has 5 rings (SSSR count). The molecule has 4 aromatic rings. The van der Waals surface area contributed by atoms with Gasteiger partial charge in [0.15, 0.2) is 5.11 Å². The number of nitrogens with zero attached hydrogens (tertiary/aromatic N) is 3. The van der Waals surface area contributed by atoms with Crippen LogP contribution >= 0.6 is 12.2 Å². The van der Waals surface area contributed by atoms with Gasteiger partial charge in [-0.3, -0.25) is 4.98 Å². The van der Waals surface area contributed by atoms with E-state index < -0.39 is 0 Å². The lowest BCUT2D eigenvalue weighted by Crippen LogP contribution is -2.29. The van der Waals surface area contributed by atoms with Crippen molar-refractivity contribution in [2.24, 2.45) is 0 Å². The number of aromatic nitrogens is 2. The molecule has 5 heteroatoms. The Hall–Kier alpha value is -3.44. The second kappa shape index (κ2) is 9.31. The Balaban J connectivity index is 1.68. The van der Waals surface area contributed by atoms with Gasteiger partial charge < -0.3 is 14.8 Å². The van der Waals surface area contributed by atoms with Gasteiger partial charge in [0.2, 0.25) is 0 Å². The van der Waals surface area contributed by atoms with Crippen LogP contribution in [0.5, 0.6) is 0 Å². The fourth-order valence-electron chi connectivity index (χ4n) is 5.28. The first kappa shape index (κ1) is 23.3. The number of thiocarbonyl (C=S) groups is 1.